The summed E-state index contributed by atoms with van der Waals surface area (Å²) in [7, 11) is 1.54. The summed E-state index contributed by atoms with van der Waals surface area (Å²) in [5.41, 5.74) is 6.25. The molecule has 0 radical (unpaired) electrons. The maximum Gasteiger partial charge on any atom is 0.268 e. The number of nitrogens with two attached hydrogens (primary N) is 1. The summed E-state index contributed by atoms with van der Waals surface area (Å²) >= 11 is 1.88. The van der Waals surface area contributed by atoms with Gasteiger partial charge in [-0.15, -0.1) is 0 Å². The Morgan fingerprint density at radius 2 is 2.21 bits per heavy atom. The van der Waals surface area contributed by atoms with Crippen LogP contribution in [-0.4, -0.2) is 17.1 Å². The summed E-state index contributed by atoms with van der Waals surface area (Å²) in [4.78, 5) is 17.9. The zero-order valence-electron chi connectivity index (χ0n) is 10.1. The van der Waals surface area contributed by atoms with Crippen LogP contribution in [0.5, 0.6) is 17.4 Å². The van der Waals surface area contributed by atoms with Crippen LogP contribution in [0.15, 0.2) is 29.3 Å². The molecule has 1 aromatic heterocycles. The molecule has 100 valence electrons. The predicted molar refractivity (Wildman–Crippen MR) is 78.5 cm³/mol. The van der Waals surface area contributed by atoms with Crippen LogP contribution in [0.3, 0.4) is 0 Å². The van der Waals surface area contributed by atoms with Gasteiger partial charge in [0.2, 0.25) is 5.88 Å². The van der Waals surface area contributed by atoms with Crippen molar-refractivity contribution < 1.29 is 9.47 Å². The third kappa shape index (κ3) is 3.04. The maximum atomic E-state index is 11.5. The van der Waals surface area contributed by atoms with E-state index in [0.29, 0.717) is 21.6 Å². The van der Waals surface area contributed by atoms with Crippen molar-refractivity contribution in [2.75, 3.05) is 7.11 Å². The summed E-state index contributed by atoms with van der Waals surface area (Å²) < 4.78 is 11.2. The highest BCUT2D eigenvalue weighted by Crippen LogP contribution is 2.32. The molecule has 0 saturated heterocycles. The van der Waals surface area contributed by atoms with Gasteiger partial charge in [-0.05, 0) is 40.3 Å². The molecule has 0 bridgehead atoms. The molecule has 2 aromatic rings. The Bertz CT molecular complexity index is 642. The molecule has 1 heterocycles. The van der Waals surface area contributed by atoms with Crippen molar-refractivity contribution >= 4 is 22.6 Å². The number of halogens is 1. The molecule has 0 saturated carbocycles. The molecule has 1 aromatic carbocycles. The molecule has 2 rings (SSSR count). The van der Waals surface area contributed by atoms with Crippen molar-refractivity contribution in [3.8, 4) is 17.4 Å². The van der Waals surface area contributed by atoms with Gasteiger partial charge in [0.1, 0.15) is 3.57 Å². The molecular formula is C12H12IN3O3. The highest BCUT2D eigenvalue weighted by Gasteiger charge is 2.11. The zero-order chi connectivity index (χ0) is 13.8. The summed E-state index contributed by atoms with van der Waals surface area (Å²) in [5, 5.41) is 0. The van der Waals surface area contributed by atoms with Gasteiger partial charge in [0, 0.05) is 6.54 Å². The van der Waals surface area contributed by atoms with Crippen LogP contribution in [0, 0.1) is 3.57 Å². The molecule has 0 aliphatic heterocycles. The summed E-state index contributed by atoms with van der Waals surface area (Å²) in [6, 6.07) is 5.35. The van der Waals surface area contributed by atoms with E-state index in [1.807, 2.05) is 28.7 Å². The number of hydrogen-bond acceptors (Lipinski definition) is 5. The van der Waals surface area contributed by atoms with Crippen LogP contribution in [0.25, 0.3) is 0 Å². The Labute approximate surface area is 123 Å². The monoisotopic (exact) mass is 373 g/mol. The lowest BCUT2D eigenvalue weighted by Crippen LogP contribution is -2.11. The minimum absolute atomic E-state index is 0.239. The van der Waals surface area contributed by atoms with Crippen molar-refractivity contribution in [1.29, 1.82) is 0 Å². The fraction of sp³-hybridized carbons (Fsp3) is 0.167. The first kappa shape index (κ1) is 13.8. The van der Waals surface area contributed by atoms with Gasteiger partial charge in [0.15, 0.2) is 11.5 Å². The largest absolute Gasteiger partial charge is 0.493 e. The van der Waals surface area contributed by atoms with Crippen LogP contribution in [0.1, 0.15) is 5.56 Å². The number of aromatic amines is 1. The van der Waals surface area contributed by atoms with Gasteiger partial charge in [-0.3, -0.25) is 4.79 Å². The topological polar surface area (TPSA) is 90.2 Å². The van der Waals surface area contributed by atoms with Crippen molar-refractivity contribution in [2.24, 2.45) is 5.73 Å². The smallest absolute Gasteiger partial charge is 0.268 e. The number of aromatic nitrogens is 2. The van der Waals surface area contributed by atoms with Gasteiger partial charge in [-0.1, -0.05) is 6.07 Å². The number of nitrogens with one attached hydrogen (secondary N) is 1. The van der Waals surface area contributed by atoms with Crippen molar-refractivity contribution in [1.82, 2.24) is 9.97 Å². The minimum Gasteiger partial charge on any atom is -0.493 e. The molecule has 6 nitrogen and oxygen atoms in total. The number of rotatable bonds is 4. The van der Waals surface area contributed by atoms with E-state index in [2.05, 4.69) is 9.97 Å². The van der Waals surface area contributed by atoms with Gasteiger partial charge in [0.25, 0.3) is 5.56 Å². The first-order valence-corrected chi connectivity index (χ1v) is 6.51. The molecule has 3 N–H and O–H groups in total. The molecule has 0 amide bonds. The fourth-order valence-corrected chi connectivity index (χ4v) is 1.87. The Balaban J connectivity index is 2.38. The molecular weight excluding hydrogens is 361 g/mol. The Hall–Kier alpha value is -1.61. The molecule has 0 aliphatic rings. The minimum atomic E-state index is -0.247. The normalized spacial score (nSPS) is 10.3. The first-order valence-electron chi connectivity index (χ1n) is 5.43. The van der Waals surface area contributed by atoms with E-state index < -0.39 is 0 Å². The standard InChI is InChI=1S/C12H12IN3O3/c1-18-9-4-7(5-14)2-3-8(9)19-12-10(13)11(17)15-6-16-12/h2-4,6H,5,14H2,1H3,(H,15,16,17). The van der Waals surface area contributed by atoms with Crippen molar-refractivity contribution in [3.05, 3.63) is 44.0 Å². The van der Waals surface area contributed by atoms with Crippen LogP contribution in [0.4, 0.5) is 0 Å². The van der Waals surface area contributed by atoms with E-state index in [4.69, 9.17) is 15.2 Å². The SMILES string of the molecule is COc1cc(CN)ccc1Oc1nc[nH]c(=O)c1I. The van der Waals surface area contributed by atoms with E-state index in [9.17, 15) is 4.79 Å². The van der Waals surface area contributed by atoms with Crippen LogP contribution >= 0.6 is 22.6 Å². The van der Waals surface area contributed by atoms with Gasteiger partial charge in [-0.25, -0.2) is 4.98 Å². The van der Waals surface area contributed by atoms with E-state index in [-0.39, 0.29) is 11.4 Å². The van der Waals surface area contributed by atoms with Crippen LogP contribution < -0.4 is 20.8 Å². The Morgan fingerprint density at radius 3 is 2.89 bits per heavy atom. The third-order valence-corrected chi connectivity index (χ3v) is 3.39. The van der Waals surface area contributed by atoms with E-state index in [0.717, 1.165) is 5.56 Å². The second-order valence-electron chi connectivity index (χ2n) is 3.64. The highest BCUT2D eigenvalue weighted by atomic mass is 127. The Morgan fingerprint density at radius 1 is 1.42 bits per heavy atom. The molecule has 0 spiro atoms. The number of nitrogens with zero attached hydrogens (tertiary/aromatic N) is 1. The Kier molecular flexibility index (Phi) is 4.38. The zero-order valence-corrected chi connectivity index (χ0v) is 12.3. The van der Waals surface area contributed by atoms with Gasteiger partial charge in [-0.2, -0.15) is 0 Å². The fourth-order valence-electron chi connectivity index (χ4n) is 1.47. The van der Waals surface area contributed by atoms with Gasteiger partial charge in [0.05, 0.1) is 13.4 Å². The molecule has 7 heteroatoms. The summed E-state index contributed by atoms with van der Waals surface area (Å²) in [5.74, 6) is 1.26. The number of ether oxygens (including phenoxy) is 2. The number of H-pyrrole nitrogens is 1. The lowest BCUT2D eigenvalue weighted by molar-refractivity contribution is 0.372. The number of hydrogen-bond donors (Lipinski definition) is 2. The quantitative estimate of drug-likeness (QED) is 0.796. The van der Waals surface area contributed by atoms with Gasteiger partial charge >= 0.3 is 0 Å². The second-order valence-corrected chi connectivity index (χ2v) is 4.72. The first-order chi connectivity index (χ1) is 9.15. The maximum absolute atomic E-state index is 11.5. The van der Waals surface area contributed by atoms with E-state index in [1.54, 1.807) is 19.2 Å². The van der Waals surface area contributed by atoms with E-state index >= 15 is 0 Å². The molecule has 19 heavy (non-hydrogen) atoms. The molecule has 0 fully saturated rings. The average Bonchev–Trinajstić information content (AvgIpc) is 2.44. The predicted octanol–water partition coefficient (Wildman–Crippen LogP) is 1.63. The molecule has 0 atom stereocenters. The third-order valence-electron chi connectivity index (χ3n) is 2.43. The van der Waals surface area contributed by atoms with Crippen LogP contribution in [-0.2, 0) is 6.54 Å². The molecule has 0 aliphatic carbocycles. The lowest BCUT2D eigenvalue weighted by Gasteiger charge is -2.11. The van der Waals surface area contributed by atoms with Crippen molar-refractivity contribution in [2.45, 2.75) is 6.54 Å². The average molecular weight is 373 g/mol. The van der Waals surface area contributed by atoms with Crippen molar-refractivity contribution in [3.63, 3.8) is 0 Å². The van der Waals surface area contributed by atoms with E-state index in [1.165, 1.54) is 6.33 Å². The van der Waals surface area contributed by atoms with Gasteiger partial charge < -0.3 is 20.2 Å². The van der Waals surface area contributed by atoms with Crippen LogP contribution in [0.2, 0.25) is 0 Å². The highest BCUT2D eigenvalue weighted by molar-refractivity contribution is 14.1. The number of methoxy groups -OCH3 is 1. The number of benzene rings is 1. The molecule has 0 unspecified atom stereocenters. The summed E-state index contributed by atoms with van der Waals surface area (Å²) in [6.07, 6.45) is 1.29. The summed E-state index contributed by atoms with van der Waals surface area (Å²) in [6.45, 7) is 0.414. The second kappa shape index (κ2) is 6.02. The lowest BCUT2D eigenvalue weighted by atomic mass is 10.2.